The molecule has 0 saturated carbocycles. The third-order valence-corrected chi connectivity index (χ3v) is 6.03. The summed E-state index contributed by atoms with van der Waals surface area (Å²) in [5.41, 5.74) is 2.15. The highest BCUT2D eigenvalue weighted by Gasteiger charge is 2.28. The minimum Gasteiger partial charge on any atom is -0.491 e. The van der Waals surface area contributed by atoms with Gasteiger partial charge in [0.05, 0.1) is 11.7 Å². The van der Waals surface area contributed by atoms with Crippen molar-refractivity contribution in [2.45, 2.75) is 39.5 Å². The first-order valence-corrected chi connectivity index (χ1v) is 11.2. The molecule has 2 amide bonds. The first-order chi connectivity index (χ1) is 15.8. The number of anilines is 1. The SMILES string of the molecule is CO[C@@H]1CN(C)C(=O)c2cc(NC(C)=O)ccc2OC[C@@H](C)N(Cc2ccncc2)C[C@H]1C. The van der Waals surface area contributed by atoms with Crippen molar-refractivity contribution in [1.29, 1.82) is 0 Å². The van der Waals surface area contributed by atoms with Crippen LogP contribution in [0.5, 0.6) is 5.75 Å². The van der Waals surface area contributed by atoms with E-state index < -0.39 is 0 Å². The Bertz CT molecular complexity index is 953. The second-order valence-corrected chi connectivity index (χ2v) is 8.77. The average molecular weight is 455 g/mol. The smallest absolute Gasteiger partial charge is 0.257 e. The van der Waals surface area contributed by atoms with Crippen molar-refractivity contribution in [3.05, 3.63) is 53.9 Å². The fourth-order valence-electron chi connectivity index (χ4n) is 4.08. The van der Waals surface area contributed by atoms with Crippen molar-refractivity contribution in [1.82, 2.24) is 14.8 Å². The predicted octanol–water partition coefficient (Wildman–Crippen LogP) is 3.05. The normalized spacial score (nSPS) is 22.5. The summed E-state index contributed by atoms with van der Waals surface area (Å²) in [7, 11) is 3.45. The van der Waals surface area contributed by atoms with E-state index in [0.717, 1.165) is 13.1 Å². The van der Waals surface area contributed by atoms with Gasteiger partial charge in [-0.1, -0.05) is 6.92 Å². The molecule has 0 bridgehead atoms. The van der Waals surface area contributed by atoms with Crippen molar-refractivity contribution in [3.63, 3.8) is 0 Å². The molecule has 0 radical (unpaired) electrons. The fourth-order valence-corrected chi connectivity index (χ4v) is 4.08. The van der Waals surface area contributed by atoms with Crippen molar-refractivity contribution >= 4 is 17.5 Å². The van der Waals surface area contributed by atoms with E-state index in [9.17, 15) is 9.59 Å². The molecule has 3 rings (SSSR count). The Hall–Kier alpha value is -2.97. The number of likely N-dealkylation sites (N-methyl/N-ethyl adjacent to an activating group) is 1. The van der Waals surface area contributed by atoms with E-state index >= 15 is 0 Å². The molecule has 33 heavy (non-hydrogen) atoms. The number of aromatic nitrogens is 1. The molecule has 2 aromatic rings. The van der Waals surface area contributed by atoms with E-state index in [2.05, 4.69) is 29.0 Å². The Balaban J connectivity index is 1.94. The first kappa shape index (κ1) is 24.7. The van der Waals surface area contributed by atoms with E-state index in [1.54, 1.807) is 49.7 Å². The fraction of sp³-hybridized carbons (Fsp3) is 0.480. The van der Waals surface area contributed by atoms with E-state index in [4.69, 9.17) is 9.47 Å². The Morgan fingerprint density at radius 3 is 2.61 bits per heavy atom. The van der Waals surface area contributed by atoms with Gasteiger partial charge in [0, 0.05) is 64.8 Å². The molecule has 1 N–H and O–H groups in total. The summed E-state index contributed by atoms with van der Waals surface area (Å²) in [5.74, 6) is 0.310. The van der Waals surface area contributed by atoms with Crippen LogP contribution >= 0.6 is 0 Å². The molecule has 3 atom stereocenters. The molecule has 0 saturated heterocycles. The minimum atomic E-state index is -0.196. The number of amides is 2. The number of hydrogen-bond donors (Lipinski definition) is 1. The van der Waals surface area contributed by atoms with Gasteiger partial charge in [0.15, 0.2) is 0 Å². The molecule has 0 spiro atoms. The number of methoxy groups -OCH3 is 1. The molecule has 0 unspecified atom stereocenters. The highest BCUT2D eigenvalue weighted by Crippen LogP contribution is 2.26. The van der Waals surface area contributed by atoms with Crippen LogP contribution in [-0.2, 0) is 16.1 Å². The number of nitrogens with zero attached hydrogens (tertiary/aromatic N) is 3. The molecule has 1 aliphatic rings. The molecule has 0 aliphatic carbocycles. The number of ether oxygens (including phenoxy) is 2. The maximum absolute atomic E-state index is 13.3. The highest BCUT2D eigenvalue weighted by atomic mass is 16.5. The number of hydrogen-bond acceptors (Lipinski definition) is 6. The van der Waals surface area contributed by atoms with Crippen LogP contribution in [0.25, 0.3) is 0 Å². The molecule has 178 valence electrons. The van der Waals surface area contributed by atoms with Crippen molar-refractivity contribution in [2.24, 2.45) is 5.92 Å². The molecular weight excluding hydrogens is 420 g/mol. The van der Waals surface area contributed by atoms with Crippen LogP contribution in [0.1, 0.15) is 36.7 Å². The van der Waals surface area contributed by atoms with Crippen LogP contribution < -0.4 is 10.1 Å². The molecule has 1 aromatic heterocycles. The van der Waals surface area contributed by atoms with Crippen LogP contribution in [-0.4, -0.2) is 72.6 Å². The maximum Gasteiger partial charge on any atom is 0.257 e. The Morgan fingerprint density at radius 1 is 1.21 bits per heavy atom. The minimum absolute atomic E-state index is 0.0910. The van der Waals surface area contributed by atoms with Crippen LogP contribution in [0.15, 0.2) is 42.7 Å². The summed E-state index contributed by atoms with van der Waals surface area (Å²) in [5, 5.41) is 2.74. The number of nitrogens with one attached hydrogen (secondary N) is 1. The number of rotatable bonds is 4. The van der Waals surface area contributed by atoms with Crippen LogP contribution in [0.4, 0.5) is 5.69 Å². The highest BCUT2D eigenvalue weighted by molar-refractivity contribution is 5.99. The number of benzene rings is 1. The van der Waals surface area contributed by atoms with Crippen LogP contribution in [0, 0.1) is 5.92 Å². The lowest BCUT2D eigenvalue weighted by molar-refractivity contribution is -0.114. The van der Waals surface area contributed by atoms with E-state index in [1.807, 2.05) is 12.1 Å². The predicted molar refractivity (Wildman–Crippen MR) is 127 cm³/mol. The van der Waals surface area contributed by atoms with Gasteiger partial charge in [-0.15, -0.1) is 0 Å². The summed E-state index contributed by atoms with van der Waals surface area (Å²) in [6.45, 7) is 8.12. The molecular formula is C25H34N4O4. The van der Waals surface area contributed by atoms with Crippen LogP contribution in [0.3, 0.4) is 0 Å². The Morgan fingerprint density at radius 2 is 1.94 bits per heavy atom. The third kappa shape index (κ3) is 6.52. The van der Waals surface area contributed by atoms with Crippen molar-refractivity contribution in [2.75, 3.05) is 39.2 Å². The summed E-state index contributed by atoms with van der Waals surface area (Å²) in [6.07, 6.45) is 3.48. The Kier molecular flexibility index (Phi) is 8.41. The second-order valence-electron chi connectivity index (χ2n) is 8.77. The van der Waals surface area contributed by atoms with Gasteiger partial charge in [-0.25, -0.2) is 0 Å². The molecule has 8 nitrogen and oxygen atoms in total. The topological polar surface area (TPSA) is 84.0 Å². The van der Waals surface area contributed by atoms with E-state index in [0.29, 0.717) is 30.2 Å². The van der Waals surface area contributed by atoms with Gasteiger partial charge in [-0.3, -0.25) is 19.5 Å². The zero-order valence-electron chi connectivity index (χ0n) is 20.1. The van der Waals surface area contributed by atoms with E-state index in [-0.39, 0.29) is 29.9 Å². The van der Waals surface area contributed by atoms with Gasteiger partial charge in [0.25, 0.3) is 5.91 Å². The number of fused-ring (bicyclic) bond motifs is 1. The third-order valence-electron chi connectivity index (χ3n) is 6.03. The monoisotopic (exact) mass is 454 g/mol. The summed E-state index contributed by atoms with van der Waals surface area (Å²) in [4.78, 5) is 33.0. The first-order valence-electron chi connectivity index (χ1n) is 11.2. The summed E-state index contributed by atoms with van der Waals surface area (Å²) in [6, 6.07) is 9.30. The van der Waals surface area contributed by atoms with Gasteiger partial charge in [0.2, 0.25) is 5.91 Å². The molecule has 8 heteroatoms. The lowest BCUT2D eigenvalue weighted by atomic mass is 10.0. The zero-order chi connectivity index (χ0) is 24.0. The zero-order valence-corrected chi connectivity index (χ0v) is 20.1. The van der Waals surface area contributed by atoms with Crippen LogP contribution in [0.2, 0.25) is 0 Å². The number of pyridine rings is 1. The quantitative estimate of drug-likeness (QED) is 0.765. The van der Waals surface area contributed by atoms with Gasteiger partial charge >= 0.3 is 0 Å². The van der Waals surface area contributed by atoms with Gasteiger partial charge in [0.1, 0.15) is 12.4 Å². The number of carbonyl (C=O) groups excluding carboxylic acids is 2. The molecule has 1 aromatic carbocycles. The number of carbonyl (C=O) groups is 2. The van der Waals surface area contributed by atoms with Gasteiger partial charge < -0.3 is 19.7 Å². The standard InChI is InChI=1S/C25H34N4O4/c1-17-13-29(14-20-8-10-26-11-9-20)18(2)16-33-23-7-6-21(27-19(3)30)12-22(23)25(31)28(4)15-24(17)32-5/h6-12,17-18,24H,13-16H2,1-5H3,(H,27,30)/t17-,18-,24-/m1/s1. The lowest BCUT2D eigenvalue weighted by Crippen LogP contribution is -2.46. The average Bonchev–Trinajstić information content (AvgIpc) is 2.80. The summed E-state index contributed by atoms with van der Waals surface area (Å²) < 4.78 is 12.0. The molecule has 0 fully saturated rings. The van der Waals surface area contributed by atoms with Crippen molar-refractivity contribution in [3.8, 4) is 5.75 Å². The van der Waals surface area contributed by atoms with Gasteiger partial charge in [-0.05, 0) is 48.7 Å². The summed E-state index contributed by atoms with van der Waals surface area (Å²) >= 11 is 0. The molecule has 1 aliphatic heterocycles. The Labute approximate surface area is 195 Å². The largest absolute Gasteiger partial charge is 0.491 e. The molecule has 2 heterocycles. The maximum atomic E-state index is 13.3. The lowest BCUT2D eigenvalue weighted by Gasteiger charge is -2.36. The van der Waals surface area contributed by atoms with Gasteiger partial charge in [-0.2, -0.15) is 0 Å². The second kappa shape index (κ2) is 11.2. The van der Waals surface area contributed by atoms with Crippen molar-refractivity contribution < 1.29 is 19.1 Å². The van der Waals surface area contributed by atoms with E-state index in [1.165, 1.54) is 12.5 Å².